The van der Waals surface area contributed by atoms with E-state index in [1.807, 2.05) is 0 Å². The summed E-state index contributed by atoms with van der Waals surface area (Å²) in [6.07, 6.45) is 0.423. The minimum atomic E-state index is -0.932. The lowest BCUT2D eigenvalue weighted by molar-refractivity contribution is -0.185. The van der Waals surface area contributed by atoms with Crippen LogP contribution in [0, 0.1) is 0 Å². The number of hydrogen-bond acceptors (Lipinski definition) is 3. The van der Waals surface area contributed by atoms with Gasteiger partial charge in [0.25, 0.3) is 0 Å². The first-order valence-electron chi connectivity index (χ1n) is 4.30. The Kier molecular flexibility index (Phi) is 3.45. The highest BCUT2D eigenvalue weighted by Gasteiger charge is 2.21. The second kappa shape index (κ2) is 4.60. The third kappa shape index (κ3) is 2.22. The van der Waals surface area contributed by atoms with E-state index in [1.165, 1.54) is 12.1 Å². The van der Waals surface area contributed by atoms with Crippen LogP contribution in [0.3, 0.4) is 0 Å². The lowest BCUT2D eigenvalue weighted by Crippen LogP contribution is -2.11. The molecule has 1 atom stereocenters. The molecule has 0 aromatic heterocycles. The van der Waals surface area contributed by atoms with E-state index in [-0.39, 0.29) is 5.75 Å². The van der Waals surface area contributed by atoms with E-state index >= 15 is 0 Å². The summed E-state index contributed by atoms with van der Waals surface area (Å²) in [6, 6.07) is 6.14. The van der Waals surface area contributed by atoms with Gasteiger partial charge in [-0.05, 0) is 24.1 Å². The fourth-order valence-electron chi connectivity index (χ4n) is 1.33. The van der Waals surface area contributed by atoms with Crippen molar-refractivity contribution in [2.75, 3.05) is 0 Å². The van der Waals surface area contributed by atoms with Crippen molar-refractivity contribution >= 4 is 5.97 Å². The summed E-state index contributed by atoms with van der Waals surface area (Å²) in [4.78, 5) is 14.2. The average molecular weight is 198 g/mol. The van der Waals surface area contributed by atoms with Crippen molar-refractivity contribution in [2.45, 2.75) is 19.3 Å². The third-order valence-corrected chi connectivity index (χ3v) is 2.04. The topological polar surface area (TPSA) is 46.5 Å². The van der Waals surface area contributed by atoms with Gasteiger partial charge in [-0.3, -0.25) is 4.94 Å². The van der Waals surface area contributed by atoms with Gasteiger partial charge in [0.05, 0.1) is 5.92 Å². The van der Waals surface area contributed by atoms with Crippen LogP contribution in [0.15, 0.2) is 24.3 Å². The zero-order valence-electron chi connectivity index (χ0n) is 7.74. The Bertz CT molecular complexity index is 325. The molecule has 0 aliphatic rings. The quantitative estimate of drug-likeness (QED) is 0.810. The zero-order valence-corrected chi connectivity index (χ0v) is 7.74. The molecule has 1 N–H and O–H groups in total. The molecule has 0 saturated heterocycles. The van der Waals surface area contributed by atoms with Crippen LogP contribution in [0.4, 0.5) is 4.53 Å². The number of aromatic hydroxyl groups is 1. The Morgan fingerprint density at radius 2 is 2.36 bits per heavy atom. The average Bonchev–Trinajstić information content (AvgIpc) is 2.19. The summed E-state index contributed by atoms with van der Waals surface area (Å²) in [5.41, 5.74) is 0.551. The lowest BCUT2D eigenvalue weighted by Gasteiger charge is -2.10. The predicted molar refractivity (Wildman–Crippen MR) is 48.3 cm³/mol. The molecule has 1 aromatic carbocycles. The van der Waals surface area contributed by atoms with E-state index in [2.05, 4.69) is 4.94 Å². The second-order valence-corrected chi connectivity index (χ2v) is 2.95. The Hall–Kier alpha value is -1.58. The fourth-order valence-corrected chi connectivity index (χ4v) is 1.33. The van der Waals surface area contributed by atoms with Crippen LogP contribution in [-0.4, -0.2) is 11.1 Å². The third-order valence-electron chi connectivity index (χ3n) is 2.04. The molecule has 1 aromatic rings. The molecule has 0 saturated carbocycles. The first-order valence-corrected chi connectivity index (χ1v) is 4.30. The highest BCUT2D eigenvalue weighted by Crippen LogP contribution is 2.24. The molecule has 0 aliphatic heterocycles. The molecule has 0 spiro atoms. The summed E-state index contributed by atoms with van der Waals surface area (Å²) in [5.74, 6) is -1.54. The predicted octanol–water partition coefficient (Wildman–Crippen LogP) is 2.31. The van der Waals surface area contributed by atoms with Crippen LogP contribution >= 0.6 is 0 Å². The Balaban J connectivity index is 2.94. The highest BCUT2D eigenvalue weighted by molar-refractivity contribution is 5.77. The molecule has 3 nitrogen and oxygen atoms in total. The number of carbonyl (C=O) groups is 1. The molecule has 0 radical (unpaired) electrons. The van der Waals surface area contributed by atoms with Crippen LogP contribution in [-0.2, 0) is 9.74 Å². The minimum absolute atomic E-state index is 0.0487. The molecule has 0 amide bonds. The summed E-state index contributed by atoms with van der Waals surface area (Å²) in [7, 11) is 0. The molecule has 1 unspecified atom stereocenters. The van der Waals surface area contributed by atoms with Crippen molar-refractivity contribution in [3.05, 3.63) is 29.8 Å². The number of rotatable bonds is 3. The maximum Gasteiger partial charge on any atom is 0.356 e. The highest BCUT2D eigenvalue weighted by atomic mass is 19.3. The van der Waals surface area contributed by atoms with E-state index in [1.54, 1.807) is 19.1 Å². The van der Waals surface area contributed by atoms with Crippen molar-refractivity contribution in [1.29, 1.82) is 0 Å². The van der Waals surface area contributed by atoms with E-state index in [4.69, 9.17) is 5.11 Å². The summed E-state index contributed by atoms with van der Waals surface area (Å²) < 4.78 is 11.7. The number of phenols is 1. The normalized spacial score (nSPS) is 12.1. The number of benzene rings is 1. The molecule has 76 valence electrons. The van der Waals surface area contributed by atoms with Gasteiger partial charge in [0.2, 0.25) is 0 Å². The van der Waals surface area contributed by atoms with Crippen LogP contribution < -0.4 is 0 Å². The Morgan fingerprint density at radius 1 is 1.64 bits per heavy atom. The van der Waals surface area contributed by atoms with Gasteiger partial charge in [-0.15, -0.1) is 0 Å². The molecular formula is C10H11FO3. The second-order valence-electron chi connectivity index (χ2n) is 2.95. The van der Waals surface area contributed by atoms with E-state index in [9.17, 15) is 9.32 Å². The van der Waals surface area contributed by atoms with Crippen molar-refractivity contribution in [3.8, 4) is 5.75 Å². The molecule has 0 heterocycles. The van der Waals surface area contributed by atoms with Gasteiger partial charge in [0, 0.05) is 4.53 Å². The van der Waals surface area contributed by atoms with Crippen LogP contribution in [0.2, 0.25) is 0 Å². The smallest absolute Gasteiger partial charge is 0.356 e. The van der Waals surface area contributed by atoms with Crippen LogP contribution in [0.25, 0.3) is 0 Å². The van der Waals surface area contributed by atoms with Crippen molar-refractivity contribution in [3.63, 3.8) is 0 Å². The first kappa shape index (κ1) is 10.5. The van der Waals surface area contributed by atoms with Crippen molar-refractivity contribution in [1.82, 2.24) is 0 Å². The van der Waals surface area contributed by atoms with Crippen LogP contribution in [0.1, 0.15) is 24.8 Å². The lowest BCUT2D eigenvalue weighted by atomic mass is 9.97. The van der Waals surface area contributed by atoms with E-state index < -0.39 is 11.9 Å². The maximum absolute atomic E-state index is 11.7. The van der Waals surface area contributed by atoms with Crippen molar-refractivity contribution in [2.24, 2.45) is 0 Å². The van der Waals surface area contributed by atoms with Gasteiger partial charge in [0.1, 0.15) is 5.75 Å². The summed E-state index contributed by atoms with van der Waals surface area (Å²) >= 11 is 0. The largest absolute Gasteiger partial charge is 0.508 e. The van der Waals surface area contributed by atoms with Gasteiger partial charge < -0.3 is 5.11 Å². The molecule has 14 heavy (non-hydrogen) atoms. The summed E-state index contributed by atoms with van der Waals surface area (Å²) in [6.45, 7) is 1.74. The molecule has 1 rings (SSSR count). The van der Waals surface area contributed by atoms with Gasteiger partial charge in [-0.1, -0.05) is 19.1 Å². The van der Waals surface area contributed by atoms with Gasteiger partial charge in [-0.25, -0.2) is 4.79 Å². The molecule has 0 aliphatic carbocycles. The minimum Gasteiger partial charge on any atom is -0.508 e. The van der Waals surface area contributed by atoms with Gasteiger partial charge in [0.15, 0.2) is 0 Å². The Morgan fingerprint density at radius 3 is 2.86 bits per heavy atom. The van der Waals surface area contributed by atoms with Gasteiger partial charge in [-0.2, -0.15) is 0 Å². The standard InChI is InChI=1S/C10H11FO3/c1-2-9(10(13)14-11)7-4-3-5-8(12)6-7/h3-6,9,12H,2H2,1H3. The SMILES string of the molecule is CCC(C(=O)OF)c1cccc(O)c1. The number of halogens is 1. The van der Waals surface area contributed by atoms with Crippen LogP contribution in [0.5, 0.6) is 5.75 Å². The monoisotopic (exact) mass is 198 g/mol. The first-order chi connectivity index (χ1) is 6.69. The molecule has 0 bridgehead atoms. The number of carbonyl (C=O) groups excluding carboxylic acids is 1. The zero-order chi connectivity index (χ0) is 10.6. The van der Waals surface area contributed by atoms with Crippen molar-refractivity contribution < 1.29 is 19.4 Å². The number of hydrogen-bond donors (Lipinski definition) is 1. The molecule has 4 heteroatoms. The summed E-state index contributed by atoms with van der Waals surface area (Å²) in [5, 5.41) is 9.17. The number of phenolic OH excluding ortho intramolecular Hbond substituents is 1. The van der Waals surface area contributed by atoms with Gasteiger partial charge >= 0.3 is 5.97 Å². The molecular weight excluding hydrogens is 187 g/mol. The maximum atomic E-state index is 11.7. The van der Waals surface area contributed by atoms with E-state index in [0.29, 0.717) is 12.0 Å². The Labute approximate surface area is 81.0 Å². The fraction of sp³-hybridized carbons (Fsp3) is 0.300. The molecule has 0 fully saturated rings. The van der Waals surface area contributed by atoms with E-state index in [0.717, 1.165) is 0 Å².